The van der Waals surface area contributed by atoms with E-state index in [1.165, 1.54) is 12.1 Å². The number of benzene rings is 1. The summed E-state index contributed by atoms with van der Waals surface area (Å²) in [5.74, 6) is 5.80. The van der Waals surface area contributed by atoms with Crippen molar-refractivity contribution >= 4 is 11.6 Å². The van der Waals surface area contributed by atoms with Gasteiger partial charge >= 0.3 is 0 Å². The van der Waals surface area contributed by atoms with Crippen LogP contribution in [-0.4, -0.2) is 41.1 Å². The zero-order chi connectivity index (χ0) is 14.8. The lowest BCUT2D eigenvalue weighted by molar-refractivity contribution is 0.613. The summed E-state index contributed by atoms with van der Waals surface area (Å²) in [5.41, 5.74) is 0.585. The molecule has 0 atom stereocenters. The summed E-state index contributed by atoms with van der Waals surface area (Å²) in [6.45, 7) is 2.78. The van der Waals surface area contributed by atoms with E-state index in [9.17, 15) is 9.18 Å². The average Bonchev–Trinajstić information content (AvgIpc) is 2.51. The number of nitrogens with two attached hydrogens (primary N) is 1. The molecule has 0 unspecified atom stereocenters. The average molecular weight is 290 g/mol. The van der Waals surface area contributed by atoms with Crippen molar-refractivity contribution in [1.29, 1.82) is 0 Å². The summed E-state index contributed by atoms with van der Waals surface area (Å²) in [5, 5.41) is 7.56. The van der Waals surface area contributed by atoms with E-state index in [1.54, 1.807) is 12.1 Å². The van der Waals surface area contributed by atoms with E-state index in [4.69, 9.17) is 5.84 Å². The van der Waals surface area contributed by atoms with Gasteiger partial charge in [-0.05, 0) is 24.3 Å². The molecule has 0 spiro atoms. The Morgan fingerprint density at radius 1 is 1.05 bits per heavy atom. The smallest absolute Gasteiger partial charge is 0.292 e. The molecule has 2 N–H and O–H groups in total. The van der Waals surface area contributed by atoms with Crippen LogP contribution in [0.3, 0.4) is 0 Å². The molecule has 1 aliphatic rings. The molecule has 2 heterocycles. The van der Waals surface area contributed by atoms with Crippen LogP contribution in [-0.2, 0) is 0 Å². The lowest BCUT2D eigenvalue weighted by Gasteiger charge is -2.36. The van der Waals surface area contributed by atoms with Crippen LogP contribution in [0.1, 0.15) is 0 Å². The fourth-order valence-corrected chi connectivity index (χ4v) is 2.37. The maximum atomic E-state index is 12.9. The van der Waals surface area contributed by atoms with Crippen molar-refractivity contribution in [3.05, 3.63) is 46.6 Å². The van der Waals surface area contributed by atoms with Crippen molar-refractivity contribution in [2.75, 3.05) is 41.8 Å². The highest BCUT2D eigenvalue weighted by atomic mass is 19.1. The second-order valence-electron chi connectivity index (χ2n) is 4.80. The predicted octanol–water partition coefficient (Wildman–Crippen LogP) is -0.182. The minimum absolute atomic E-state index is 0.246. The Morgan fingerprint density at radius 2 is 1.67 bits per heavy atom. The maximum absolute atomic E-state index is 12.9. The SMILES string of the molecule is Nn1c(N2CCN(c3ccc(F)cc3)CC2)nncc1=O. The molecule has 0 radical (unpaired) electrons. The molecule has 1 fully saturated rings. The van der Waals surface area contributed by atoms with Crippen molar-refractivity contribution in [2.45, 2.75) is 0 Å². The molecular weight excluding hydrogens is 275 g/mol. The molecule has 1 aliphatic heterocycles. The van der Waals surface area contributed by atoms with Crippen molar-refractivity contribution in [3.63, 3.8) is 0 Å². The summed E-state index contributed by atoms with van der Waals surface area (Å²) >= 11 is 0. The van der Waals surface area contributed by atoms with Gasteiger partial charge in [0, 0.05) is 31.9 Å². The highest BCUT2D eigenvalue weighted by Crippen LogP contribution is 2.18. The van der Waals surface area contributed by atoms with Crippen LogP contribution in [0.2, 0.25) is 0 Å². The van der Waals surface area contributed by atoms with Crippen LogP contribution in [0.4, 0.5) is 16.0 Å². The van der Waals surface area contributed by atoms with Gasteiger partial charge in [-0.2, -0.15) is 4.68 Å². The third kappa shape index (κ3) is 2.64. The quantitative estimate of drug-likeness (QED) is 0.773. The van der Waals surface area contributed by atoms with E-state index < -0.39 is 0 Å². The molecular formula is C13H15FN6O. The largest absolute Gasteiger partial charge is 0.368 e. The third-order valence-electron chi connectivity index (χ3n) is 3.52. The van der Waals surface area contributed by atoms with Gasteiger partial charge in [0.15, 0.2) is 0 Å². The zero-order valence-corrected chi connectivity index (χ0v) is 11.3. The van der Waals surface area contributed by atoms with E-state index in [1.807, 2.05) is 4.90 Å². The van der Waals surface area contributed by atoms with Gasteiger partial charge in [-0.15, -0.1) is 10.2 Å². The number of hydrogen-bond acceptors (Lipinski definition) is 6. The lowest BCUT2D eigenvalue weighted by Crippen LogP contribution is -2.49. The Bertz CT molecular complexity index is 678. The van der Waals surface area contributed by atoms with Gasteiger partial charge < -0.3 is 15.6 Å². The number of piperazine rings is 1. The van der Waals surface area contributed by atoms with Crippen LogP contribution < -0.4 is 21.2 Å². The van der Waals surface area contributed by atoms with Crippen molar-refractivity contribution in [1.82, 2.24) is 14.9 Å². The van der Waals surface area contributed by atoms with Crippen LogP contribution in [0, 0.1) is 5.82 Å². The van der Waals surface area contributed by atoms with E-state index in [-0.39, 0.29) is 11.4 Å². The highest BCUT2D eigenvalue weighted by molar-refractivity contribution is 5.48. The Hall–Kier alpha value is -2.64. The van der Waals surface area contributed by atoms with Crippen molar-refractivity contribution < 1.29 is 4.39 Å². The Labute approximate surface area is 120 Å². The molecule has 0 amide bonds. The molecule has 21 heavy (non-hydrogen) atoms. The standard InChI is InChI=1S/C13H15FN6O/c14-10-1-3-11(4-2-10)18-5-7-19(8-6-18)13-17-16-9-12(21)20(13)15/h1-4,9H,5-8,15H2. The first-order valence-corrected chi connectivity index (χ1v) is 6.60. The highest BCUT2D eigenvalue weighted by Gasteiger charge is 2.20. The molecule has 1 saturated heterocycles. The molecule has 0 saturated carbocycles. The van der Waals surface area contributed by atoms with Crippen LogP contribution in [0.15, 0.2) is 35.3 Å². The molecule has 0 aliphatic carbocycles. The molecule has 1 aromatic carbocycles. The van der Waals surface area contributed by atoms with Gasteiger partial charge in [-0.25, -0.2) is 4.39 Å². The zero-order valence-electron chi connectivity index (χ0n) is 11.3. The first-order chi connectivity index (χ1) is 10.1. The summed E-state index contributed by atoms with van der Waals surface area (Å²) in [7, 11) is 0. The summed E-state index contributed by atoms with van der Waals surface area (Å²) in [6.07, 6.45) is 1.08. The van der Waals surface area contributed by atoms with E-state index in [0.29, 0.717) is 19.0 Å². The monoisotopic (exact) mass is 290 g/mol. The van der Waals surface area contributed by atoms with E-state index >= 15 is 0 Å². The number of nitrogens with zero attached hydrogens (tertiary/aromatic N) is 5. The number of aromatic nitrogens is 3. The number of hydrogen-bond donors (Lipinski definition) is 1. The van der Waals surface area contributed by atoms with Crippen LogP contribution in [0.25, 0.3) is 0 Å². The molecule has 0 bridgehead atoms. The topological polar surface area (TPSA) is 80.3 Å². The van der Waals surface area contributed by atoms with Crippen molar-refractivity contribution in [2.24, 2.45) is 0 Å². The number of anilines is 2. The molecule has 110 valence electrons. The fraction of sp³-hybridized carbons (Fsp3) is 0.308. The first-order valence-electron chi connectivity index (χ1n) is 6.60. The molecule has 8 heteroatoms. The molecule has 7 nitrogen and oxygen atoms in total. The van der Waals surface area contributed by atoms with E-state index in [2.05, 4.69) is 15.1 Å². The lowest BCUT2D eigenvalue weighted by atomic mass is 10.2. The van der Waals surface area contributed by atoms with Crippen molar-refractivity contribution in [3.8, 4) is 0 Å². The Balaban J connectivity index is 1.71. The normalized spacial score (nSPS) is 15.3. The number of halogens is 1. The summed E-state index contributed by atoms with van der Waals surface area (Å²) in [4.78, 5) is 15.5. The first kappa shape index (κ1) is 13.3. The van der Waals surface area contributed by atoms with Crippen LogP contribution >= 0.6 is 0 Å². The minimum Gasteiger partial charge on any atom is -0.368 e. The van der Waals surface area contributed by atoms with Gasteiger partial charge in [-0.3, -0.25) is 4.79 Å². The second-order valence-corrected chi connectivity index (χ2v) is 4.80. The predicted molar refractivity (Wildman–Crippen MR) is 77.3 cm³/mol. The summed E-state index contributed by atoms with van der Waals surface area (Å²) < 4.78 is 13.9. The summed E-state index contributed by atoms with van der Waals surface area (Å²) in [6, 6.07) is 6.40. The van der Waals surface area contributed by atoms with Gasteiger partial charge in [-0.1, -0.05) is 0 Å². The number of rotatable bonds is 2. The molecule has 2 aromatic rings. The van der Waals surface area contributed by atoms with Gasteiger partial charge in [0.05, 0.1) is 0 Å². The molecule has 3 rings (SSSR count). The van der Waals surface area contributed by atoms with Gasteiger partial charge in [0.25, 0.3) is 5.56 Å². The Kier molecular flexibility index (Phi) is 3.43. The maximum Gasteiger partial charge on any atom is 0.292 e. The van der Waals surface area contributed by atoms with Gasteiger partial charge in [0.2, 0.25) is 5.95 Å². The minimum atomic E-state index is -0.388. The fourth-order valence-electron chi connectivity index (χ4n) is 2.37. The van der Waals surface area contributed by atoms with Gasteiger partial charge in [0.1, 0.15) is 12.0 Å². The third-order valence-corrected chi connectivity index (χ3v) is 3.52. The Morgan fingerprint density at radius 3 is 2.33 bits per heavy atom. The van der Waals surface area contributed by atoms with Crippen LogP contribution in [0.5, 0.6) is 0 Å². The number of nitrogen functional groups attached to an aromatic ring is 1. The molecule has 1 aromatic heterocycles. The second kappa shape index (κ2) is 5.39. The van der Waals surface area contributed by atoms with E-state index in [0.717, 1.165) is 29.6 Å².